The van der Waals surface area contributed by atoms with Crippen LogP contribution in [0.4, 0.5) is 0 Å². The SMILES string of the molecule is CCCOc1ccc(-c2nn(-c3ccccc3)cc2/C=N\NC(=O)COc2cccc(C)c2)cc1. The Hall–Kier alpha value is -4.39. The molecule has 0 aliphatic rings. The summed E-state index contributed by atoms with van der Waals surface area (Å²) >= 11 is 0. The van der Waals surface area contributed by atoms with Gasteiger partial charge >= 0.3 is 0 Å². The zero-order valence-electron chi connectivity index (χ0n) is 19.8. The molecule has 0 spiro atoms. The summed E-state index contributed by atoms with van der Waals surface area (Å²) in [6, 6.07) is 25.2. The van der Waals surface area contributed by atoms with Gasteiger partial charge in [-0.05, 0) is 67.4 Å². The first-order valence-corrected chi connectivity index (χ1v) is 11.5. The number of carbonyl (C=O) groups is 1. The van der Waals surface area contributed by atoms with E-state index in [0.29, 0.717) is 12.4 Å². The highest BCUT2D eigenvalue weighted by atomic mass is 16.5. The molecule has 1 aromatic heterocycles. The van der Waals surface area contributed by atoms with Gasteiger partial charge in [0.25, 0.3) is 5.91 Å². The molecule has 35 heavy (non-hydrogen) atoms. The molecule has 1 amide bonds. The lowest BCUT2D eigenvalue weighted by atomic mass is 10.1. The van der Waals surface area contributed by atoms with Gasteiger partial charge in [-0.15, -0.1) is 0 Å². The van der Waals surface area contributed by atoms with Gasteiger partial charge in [0, 0.05) is 17.3 Å². The summed E-state index contributed by atoms with van der Waals surface area (Å²) in [6.45, 7) is 4.59. The highest BCUT2D eigenvalue weighted by Gasteiger charge is 2.12. The van der Waals surface area contributed by atoms with Crippen molar-refractivity contribution < 1.29 is 14.3 Å². The molecule has 4 aromatic rings. The quantitative estimate of drug-likeness (QED) is 0.257. The highest BCUT2D eigenvalue weighted by Crippen LogP contribution is 2.25. The van der Waals surface area contributed by atoms with Crippen molar-refractivity contribution in [1.82, 2.24) is 15.2 Å². The first-order chi connectivity index (χ1) is 17.1. The van der Waals surface area contributed by atoms with Crippen LogP contribution in [-0.4, -0.2) is 35.1 Å². The number of hydrazone groups is 1. The summed E-state index contributed by atoms with van der Waals surface area (Å²) in [5.41, 5.74) is 6.93. The van der Waals surface area contributed by atoms with Crippen molar-refractivity contribution in [2.45, 2.75) is 20.3 Å². The van der Waals surface area contributed by atoms with E-state index in [1.807, 2.05) is 92.0 Å². The van der Waals surface area contributed by atoms with E-state index in [0.717, 1.165) is 40.2 Å². The lowest BCUT2D eigenvalue weighted by Crippen LogP contribution is -2.24. The molecular weight excluding hydrogens is 440 g/mol. The maximum atomic E-state index is 12.2. The zero-order chi connectivity index (χ0) is 24.5. The smallest absolute Gasteiger partial charge is 0.277 e. The van der Waals surface area contributed by atoms with Gasteiger partial charge in [-0.2, -0.15) is 10.2 Å². The van der Waals surface area contributed by atoms with Gasteiger partial charge in [-0.25, -0.2) is 10.1 Å². The van der Waals surface area contributed by atoms with Crippen LogP contribution >= 0.6 is 0 Å². The van der Waals surface area contributed by atoms with Crippen LogP contribution < -0.4 is 14.9 Å². The number of ether oxygens (including phenoxy) is 2. The first-order valence-electron chi connectivity index (χ1n) is 11.5. The largest absolute Gasteiger partial charge is 0.494 e. The minimum atomic E-state index is -0.350. The fraction of sp³-hybridized carbons (Fsp3) is 0.179. The van der Waals surface area contributed by atoms with Gasteiger partial charge in [0.05, 0.1) is 18.5 Å². The van der Waals surface area contributed by atoms with Crippen LogP contribution in [-0.2, 0) is 4.79 Å². The third kappa shape index (κ3) is 6.57. The molecule has 3 aromatic carbocycles. The van der Waals surface area contributed by atoms with Crippen molar-refractivity contribution in [1.29, 1.82) is 0 Å². The molecule has 0 atom stereocenters. The molecule has 0 unspecified atom stereocenters. The first kappa shape index (κ1) is 23.8. The molecule has 178 valence electrons. The Labute approximate surface area is 205 Å². The van der Waals surface area contributed by atoms with Gasteiger partial charge in [0.15, 0.2) is 6.61 Å². The summed E-state index contributed by atoms with van der Waals surface area (Å²) in [7, 11) is 0. The molecule has 4 rings (SSSR count). The second kappa shape index (κ2) is 11.7. The van der Waals surface area contributed by atoms with Crippen molar-refractivity contribution in [3.63, 3.8) is 0 Å². The van der Waals surface area contributed by atoms with E-state index in [4.69, 9.17) is 14.6 Å². The van der Waals surface area contributed by atoms with E-state index in [-0.39, 0.29) is 12.5 Å². The average molecular weight is 469 g/mol. The number of aryl methyl sites for hydroxylation is 1. The zero-order valence-corrected chi connectivity index (χ0v) is 19.8. The van der Waals surface area contributed by atoms with Gasteiger partial charge in [0.1, 0.15) is 17.2 Å². The van der Waals surface area contributed by atoms with Crippen molar-refractivity contribution in [2.75, 3.05) is 13.2 Å². The van der Waals surface area contributed by atoms with Crippen molar-refractivity contribution >= 4 is 12.1 Å². The van der Waals surface area contributed by atoms with Crippen LogP contribution in [0.3, 0.4) is 0 Å². The summed E-state index contributed by atoms with van der Waals surface area (Å²) in [5.74, 6) is 1.10. The fourth-order valence-electron chi connectivity index (χ4n) is 3.41. The van der Waals surface area contributed by atoms with Crippen LogP contribution in [0.1, 0.15) is 24.5 Å². The van der Waals surface area contributed by atoms with Gasteiger partial charge < -0.3 is 9.47 Å². The molecule has 0 fully saturated rings. The average Bonchev–Trinajstić information content (AvgIpc) is 3.31. The van der Waals surface area contributed by atoms with E-state index in [2.05, 4.69) is 17.5 Å². The molecule has 0 radical (unpaired) electrons. The number of carbonyl (C=O) groups excluding carboxylic acids is 1. The number of hydrogen-bond donors (Lipinski definition) is 1. The summed E-state index contributed by atoms with van der Waals surface area (Å²) in [5, 5.41) is 8.91. The Balaban J connectivity index is 1.49. The predicted molar refractivity (Wildman–Crippen MR) is 137 cm³/mol. The molecule has 0 aliphatic carbocycles. The molecule has 1 N–H and O–H groups in total. The number of amides is 1. The normalized spacial score (nSPS) is 10.9. The summed E-state index contributed by atoms with van der Waals surface area (Å²) in [6.07, 6.45) is 4.42. The molecule has 0 saturated carbocycles. The Morgan fingerprint density at radius 3 is 2.54 bits per heavy atom. The Morgan fingerprint density at radius 1 is 1.00 bits per heavy atom. The van der Waals surface area contributed by atoms with E-state index < -0.39 is 0 Å². The van der Waals surface area contributed by atoms with Crippen LogP contribution in [0, 0.1) is 6.92 Å². The maximum Gasteiger partial charge on any atom is 0.277 e. The van der Waals surface area contributed by atoms with Crippen LogP contribution in [0.25, 0.3) is 16.9 Å². The Morgan fingerprint density at radius 2 is 1.80 bits per heavy atom. The van der Waals surface area contributed by atoms with E-state index >= 15 is 0 Å². The van der Waals surface area contributed by atoms with Gasteiger partial charge in [0.2, 0.25) is 0 Å². The number of hydrogen-bond acceptors (Lipinski definition) is 5. The molecule has 7 nitrogen and oxygen atoms in total. The predicted octanol–water partition coefficient (Wildman–Crippen LogP) is 5.17. The Kier molecular flexibility index (Phi) is 7.91. The second-order valence-electron chi connectivity index (χ2n) is 7.98. The standard InChI is InChI=1S/C28H28N4O3/c1-3-16-34-25-14-12-22(13-15-25)28-23(19-32(31-28)24-9-5-4-6-10-24)18-29-30-27(33)20-35-26-11-7-8-21(2)17-26/h4-15,17-19H,3,16,20H2,1-2H3,(H,30,33)/b29-18-. The van der Waals surface area contributed by atoms with E-state index in [1.165, 1.54) is 0 Å². The van der Waals surface area contributed by atoms with Crippen LogP contribution in [0.15, 0.2) is 90.2 Å². The number of para-hydroxylation sites is 1. The monoisotopic (exact) mass is 468 g/mol. The highest BCUT2D eigenvalue weighted by molar-refractivity contribution is 5.89. The van der Waals surface area contributed by atoms with E-state index in [9.17, 15) is 4.79 Å². The third-order valence-electron chi connectivity index (χ3n) is 5.12. The summed E-state index contributed by atoms with van der Waals surface area (Å²) < 4.78 is 13.0. The third-order valence-corrected chi connectivity index (χ3v) is 5.12. The minimum Gasteiger partial charge on any atom is -0.494 e. The molecule has 0 bridgehead atoms. The lowest BCUT2D eigenvalue weighted by Gasteiger charge is -2.06. The van der Waals surface area contributed by atoms with Gasteiger partial charge in [-0.1, -0.05) is 37.3 Å². The number of nitrogens with one attached hydrogen (secondary N) is 1. The molecule has 0 saturated heterocycles. The number of rotatable bonds is 10. The fourth-order valence-corrected chi connectivity index (χ4v) is 3.41. The number of aromatic nitrogens is 2. The topological polar surface area (TPSA) is 77.7 Å². The van der Waals surface area contributed by atoms with Crippen molar-refractivity contribution in [3.8, 4) is 28.4 Å². The minimum absolute atomic E-state index is 0.129. The molecular formula is C28H28N4O3. The Bertz CT molecular complexity index is 1280. The van der Waals surface area contributed by atoms with Crippen LogP contribution in [0.5, 0.6) is 11.5 Å². The van der Waals surface area contributed by atoms with Crippen molar-refractivity contribution in [3.05, 3.63) is 96.2 Å². The second-order valence-corrected chi connectivity index (χ2v) is 7.98. The maximum absolute atomic E-state index is 12.2. The van der Waals surface area contributed by atoms with Gasteiger partial charge in [-0.3, -0.25) is 4.79 Å². The lowest BCUT2D eigenvalue weighted by molar-refractivity contribution is -0.123. The molecule has 0 aliphatic heterocycles. The number of nitrogens with zero attached hydrogens (tertiary/aromatic N) is 3. The summed E-state index contributed by atoms with van der Waals surface area (Å²) in [4.78, 5) is 12.2. The van der Waals surface area contributed by atoms with Crippen molar-refractivity contribution in [2.24, 2.45) is 5.10 Å². The molecule has 1 heterocycles. The molecule has 7 heteroatoms. The number of benzene rings is 3. The van der Waals surface area contributed by atoms with Crippen LogP contribution in [0.2, 0.25) is 0 Å². The van der Waals surface area contributed by atoms with E-state index in [1.54, 1.807) is 10.9 Å².